The van der Waals surface area contributed by atoms with E-state index in [-0.39, 0.29) is 11.5 Å². The number of rotatable bonds is 7. The van der Waals surface area contributed by atoms with Crippen molar-refractivity contribution < 1.29 is 5.11 Å². The minimum atomic E-state index is -0.238. The van der Waals surface area contributed by atoms with Crippen LogP contribution in [0.2, 0.25) is 0 Å². The highest BCUT2D eigenvalue weighted by molar-refractivity contribution is 4.78. The van der Waals surface area contributed by atoms with Gasteiger partial charge >= 0.3 is 0 Å². The van der Waals surface area contributed by atoms with Crippen LogP contribution in [0.15, 0.2) is 0 Å². The van der Waals surface area contributed by atoms with Gasteiger partial charge in [0.05, 0.1) is 6.10 Å². The van der Waals surface area contributed by atoms with Crippen molar-refractivity contribution in [1.82, 2.24) is 4.90 Å². The van der Waals surface area contributed by atoms with Crippen LogP contribution in [0.5, 0.6) is 0 Å². The van der Waals surface area contributed by atoms with Gasteiger partial charge in [-0.25, -0.2) is 0 Å². The fraction of sp³-hybridized carbons (Fsp3) is 1.00. The summed E-state index contributed by atoms with van der Waals surface area (Å²) in [6.45, 7) is 14.9. The average Bonchev–Trinajstić information content (AvgIpc) is 2.21. The van der Waals surface area contributed by atoms with Crippen LogP contribution < -0.4 is 0 Å². The van der Waals surface area contributed by atoms with Gasteiger partial charge in [-0.05, 0) is 31.7 Å². The van der Waals surface area contributed by atoms with Crippen molar-refractivity contribution in [3.05, 3.63) is 0 Å². The van der Waals surface area contributed by atoms with Crippen LogP contribution in [-0.2, 0) is 0 Å². The number of aliphatic hydroxyl groups is 1. The Labute approximate surface area is 102 Å². The standard InChI is InChI=1S/C14H31NO/c1-7-9-10-15(12(3)8-2)11-13(16)14(4,5)6/h12-13,16H,7-11H2,1-6H3. The third-order valence-corrected chi connectivity index (χ3v) is 3.42. The van der Waals surface area contributed by atoms with Crippen LogP contribution in [0, 0.1) is 5.41 Å². The number of nitrogens with zero attached hydrogens (tertiary/aromatic N) is 1. The largest absolute Gasteiger partial charge is 0.391 e. The normalized spacial score (nSPS) is 16.5. The first kappa shape index (κ1) is 15.9. The molecular formula is C14H31NO. The van der Waals surface area contributed by atoms with Crippen molar-refractivity contribution in [3.63, 3.8) is 0 Å². The van der Waals surface area contributed by atoms with Gasteiger partial charge in [0.25, 0.3) is 0 Å². The van der Waals surface area contributed by atoms with E-state index in [1.807, 2.05) is 0 Å². The summed E-state index contributed by atoms with van der Waals surface area (Å²) in [5.41, 5.74) is -0.0159. The van der Waals surface area contributed by atoms with Crippen LogP contribution in [0.1, 0.15) is 60.8 Å². The second-order valence-electron chi connectivity index (χ2n) is 5.99. The van der Waals surface area contributed by atoms with Crippen LogP contribution in [0.4, 0.5) is 0 Å². The predicted molar refractivity (Wildman–Crippen MR) is 71.7 cm³/mol. The lowest BCUT2D eigenvalue weighted by atomic mass is 9.88. The maximum Gasteiger partial charge on any atom is 0.0715 e. The molecule has 0 aliphatic heterocycles. The smallest absolute Gasteiger partial charge is 0.0715 e. The Balaban J connectivity index is 4.30. The lowest BCUT2D eigenvalue weighted by Crippen LogP contribution is -2.43. The van der Waals surface area contributed by atoms with E-state index in [1.165, 1.54) is 12.8 Å². The maximum absolute atomic E-state index is 10.2. The molecule has 0 amide bonds. The van der Waals surface area contributed by atoms with Gasteiger partial charge in [0.1, 0.15) is 0 Å². The van der Waals surface area contributed by atoms with Crippen LogP contribution >= 0.6 is 0 Å². The number of hydrogen-bond acceptors (Lipinski definition) is 2. The summed E-state index contributed by atoms with van der Waals surface area (Å²) >= 11 is 0. The highest BCUT2D eigenvalue weighted by atomic mass is 16.3. The zero-order chi connectivity index (χ0) is 12.8. The molecule has 0 rings (SSSR count). The molecule has 2 atom stereocenters. The molecule has 0 spiro atoms. The Hall–Kier alpha value is -0.0800. The van der Waals surface area contributed by atoms with Crippen molar-refractivity contribution in [1.29, 1.82) is 0 Å². The van der Waals surface area contributed by atoms with Gasteiger partial charge in [-0.15, -0.1) is 0 Å². The van der Waals surface area contributed by atoms with Crippen molar-refractivity contribution >= 4 is 0 Å². The number of aliphatic hydroxyl groups excluding tert-OH is 1. The quantitative estimate of drug-likeness (QED) is 0.724. The first-order valence-corrected chi connectivity index (χ1v) is 6.75. The van der Waals surface area contributed by atoms with Gasteiger partial charge in [0.15, 0.2) is 0 Å². The van der Waals surface area contributed by atoms with Crippen molar-refractivity contribution in [2.75, 3.05) is 13.1 Å². The number of unbranched alkanes of at least 4 members (excludes halogenated alkanes) is 1. The Kier molecular flexibility index (Phi) is 7.25. The highest BCUT2D eigenvalue weighted by Crippen LogP contribution is 2.21. The molecule has 0 aromatic rings. The predicted octanol–water partition coefficient (Wildman–Crippen LogP) is 3.29. The lowest BCUT2D eigenvalue weighted by molar-refractivity contribution is 0.0168. The highest BCUT2D eigenvalue weighted by Gasteiger charge is 2.25. The van der Waals surface area contributed by atoms with Crippen LogP contribution in [-0.4, -0.2) is 35.2 Å². The second-order valence-corrected chi connectivity index (χ2v) is 5.99. The van der Waals surface area contributed by atoms with Gasteiger partial charge in [0, 0.05) is 12.6 Å². The fourth-order valence-corrected chi connectivity index (χ4v) is 1.61. The van der Waals surface area contributed by atoms with Gasteiger partial charge in [0.2, 0.25) is 0 Å². The molecule has 98 valence electrons. The van der Waals surface area contributed by atoms with Crippen molar-refractivity contribution in [2.45, 2.75) is 73.0 Å². The van der Waals surface area contributed by atoms with Crippen molar-refractivity contribution in [3.8, 4) is 0 Å². The third kappa shape index (κ3) is 5.86. The maximum atomic E-state index is 10.2. The molecule has 0 fully saturated rings. The lowest BCUT2D eigenvalue weighted by Gasteiger charge is -2.35. The fourth-order valence-electron chi connectivity index (χ4n) is 1.61. The van der Waals surface area contributed by atoms with E-state index in [0.717, 1.165) is 19.5 Å². The molecule has 0 bridgehead atoms. The third-order valence-electron chi connectivity index (χ3n) is 3.42. The first-order valence-electron chi connectivity index (χ1n) is 6.75. The Morgan fingerprint density at radius 1 is 1.19 bits per heavy atom. The minimum Gasteiger partial charge on any atom is -0.391 e. The van der Waals surface area contributed by atoms with Gasteiger partial charge in [-0.2, -0.15) is 0 Å². The van der Waals surface area contributed by atoms with E-state index in [4.69, 9.17) is 0 Å². The second kappa shape index (κ2) is 7.29. The van der Waals surface area contributed by atoms with Crippen molar-refractivity contribution in [2.24, 2.45) is 5.41 Å². The Morgan fingerprint density at radius 2 is 1.75 bits per heavy atom. The monoisotopic (exact) mass is 229 g/mol. The van der Waals surface area contributed by atoms with E-state index in [0.29, 0.717) is 6.04 Å². The molecular weight excluding hydrogens is 198 g/mol. The molecule has 16 heavy (non-hydrogen) atoms. The summed E-state index contributed by atoms with van der Waals surface area (Å²) in [5.74, 6) is 0. The topological polar surface area (TPSA) is 23.5 Å². The molecule has 2 unspecified atom stereocenters. The van der Waals surface area contributed by atoms with E-state index in [1.54, 1.807) is 0 Å². The van der Waals surface area contributed by atoms with Crippen LogP contribution in [0.3, 0.4) is 0 Å². The summed E-state index contributed by atoms with van der Waals surface area (Å²) < 4.78 is 0. The molecule has 0 aromatic carbocycles. The summed E-state index contributed by atoms with van der Waals surface area (Å²) in [6, 6.07) is 0.573. The molecule has 0 saturated carbocycles. The van der Waals surface area contributed by atoms with E-state index in [9.17, 15) is 5.11 Å². The molecule has 0 aliphatic carbocycles. The molecule has 0 aliphatic rings. The van der Waals surface area contributed by atoms with E-state index >= 15 is 0 Å². The SMILES string of the molecule is CCCCN(CC(O)C(C)(C)C)C(C)CC. The summed E-state index contributed by atoms with van der Waals surface area (Å²) in [5, 5.41) is 10.2. The summed E-state index contributed by atoms with van der Waals surface area (Å²) in [7, 11) is 0. The molecule has 0 aromatic heterocycles. The zero-order valence-corrected chi connectivity index (χ0v) is 12.1. The van der Waals surface area contributed by atoms with Gasteiger partial charge < -0.3 is 5.11 Å². The minimum absolute atomic E-state index is 0.0159. The molecule has 2 heteroatoms. The van der Waals surface area contributed by atoms with Crippen LogP contribution in [0.25, 0.3) is 0 Å². The average molecular weight is 229 g/mol. The molecule has 0 radical (unpaired) electrons. The summed E-state index contributed by atoms with van der Waals surface area (Å²) in [6.07, 6.45) is 3.36. The molecule has 1 N–H and O–H groups in total. The molecule has 0 heterocycles. The zero-order valence-electron chi connectivity index (χ0n) is 12.1. The molecule has 2 nitrogen and oxygen atoms in total. The molecule has 0 saturated heterocycles. The summed E-state index contributed by atoms with van der Waals surface area (Å²) in [4.78, 5) is 2.43. The van der Waals surface area contributed by atoms with Gasteiger partial charge in [-0.3, -0.25) is 4.90 Å². The first-order chi connectivity index (χ1) is 7.32. The Morgan fingerprint density at radius 3 is 2.12 bits per heavy atom. The number of hydrogen-bond donors (Lipinski definition) is 1. The van der Waals surface area contributed by atoms with E-state index in [2.05, 4.69) is 46.4 Å². The van der Waals surface area contributed by atoms with Gasteiger partial charge in [-0.1, -0.05) is 41.0 Å². The Bertz CT molecular complexity index is 174. The van der Waals surface area contributed by atoms with E-state index < -0.39 is 0 Å².